The molecule has 8 nitrogen and oxygen atoms in total. The molecule has 0 radical (unpaired) electrons. The van der Waals surface area contributed by atoms with Crippen LogP contribution in [0.5, 0.6) is 5.75 Å². The summed E-state index contributed by atoms with van der Waals surface area (Å²) in [4.78, 5) is 32.6. The standard InChI is InChI=1S/C13H16N2O6/c1-20-12(18)8-21-10-4-2-9(3-5-10)15-13(19)14-7-6-11(16)17/h2-5H,6-8H2,1H3,(H,16,17)(H2,14,15,19). The average molecular weight is 296 g/mol. The molecule has 8 heteroatoms. The van der Waals surface area contributed by atoms with Gasteiger partial charge in [-0.2, -0.15) is 0 Å². The fraction of sp³-hybridized carbons (Fsp3) is 0.308. The molecule has 0 saturated carbocycles. The van der Waals surface area contributed by atoms with Gasteiger partial charge >= 0.3 is 18.0 Å². The van der Waals surface area contributed by atoms with E-state index < -0.39 is 18.0 Å². The molecule has 1 rings (SSSR count). The van der Waals surface area contributed by atoms with Crippen LogP contribution in [0.2, 0.25) is 0 Å². The number of urea groups is 1. The number of hydrogen-bond acceptors (Lipinski definition) is 5. The van der Waals surface area contributed by atoms with E-state index in [-0.39, 0.29) is 19.6 Å². The summed E-state index contributed by atoms with van der Waals surface area (Å²) in [6, 6.07) is 5.83. The molecule has 0 aliphatic heterocycles. The maximum Gasteiger partial charge on any atom is 0.343 e. The van der Waals surface area contributed by atoms with Gasteiger partial charge in [0, 0.05) is 12.2 Å². The minimum Gasteiger partial charge on any atom is -0.482 e. The third-order valence-electron chi connectivity index (χ3n) is 2.32. The first-order valence-electron chi connectivity index (χ1n) is 6.07. The van der Waals surface area contributed by atoms with E-state index in [4.69, 9.17) is 9.84 Å². The van der Waals surface area contributed by atoms with Gasteiger partial charge in [0.25, 0.3) is 0 Å². The maximum atomic E-state index is 11.4. The lowest BCUT2D eigenvalue weighted by Crippen LogP contribution is -2.30. The number of hydrogen-bond donors (Lipinski definition) is 3. The summed E-state index contributed by atoms with van der Waals surface area (Å²) in [7, 11) is 1.27. The topological polar surface area (TPSA) is 114 Å². The number of ether oxygens (including phenoxy) is 2. The molecule has 0 saturated heterocycles. The van der Waals surface area contributed by atoms with Crippen molar-refractivity contribution in [2.75, 3.05) is 25.6 Å². The number of methoxy groups -OCH3 is 1. The van der Waals surface area contributed by atoms with Crippen molar-refractivity contribution in [1.29, 1.82) is 0 Å². The van der Waals surface area contributed by atoms with E-state index in [1.54, 1.807) is 24.3 Å². The van der Waals surface area contributed by atoms with Crippen molar-refractivity contribution in [2.45, 2.75) is 6.42 Å². The summed E-state index contributed by atoms with van der Waals surface area (Å²) >= 11 is 0. The zero-order chi connectivity index (χ0) is 15.7. The second-order valence-electron chi connectivity index (χ2n) is 3.91. The zero-order valence-corrected chi connectivity index (χ0v) is 11.4. The number of rotatable bonds is 7. The van der Waals surface area contributed by atoms with Crippen LogP contribution in [0.3, 0.4) is 0 Å². The van der Waals surface area contributed by atoms with Gasteiger partial charge in [0.15, 0.2) is 6.61 Å². The van der Waals surface area contributed by atoms with Gasteiger partial charge in [-0.15, -0.1) is 0 Å². The van der Waals surface area contributed by atoms with Crippen LogP contribution in [0.25, 0.3) is 0 Å². The quantitative estimate of drug-likeness (QED) is 0.642. The normalized spacial score (nSPS) is 9.57. The van der Waals surface area contributed by atoms with Gasteiger partial charge < -0.3 is 25.2 Å². The highest BCUT2D eigenvalue weighted by molar-refractivity contribution is 5.89. The molecule has 114 valence electrons. The molecule has 0 unspecified atom stereocenters. The molecule has 0 aromatic heterocycles. The average Bonchev–Trinajstić information content (AvgIpc) is 2.45. The van der Waals surface area contributed by atoms with E-state index in [9.17, 15) is 14.4 Å². The number of anilines is 1. The third-order valence-corrected chi connectivity index (χ3v) is 2.32. The predicted octanol–water partition coefficient (Wildman–Crippen LogP) is 0.835. The summed E-state index contributed by atoms with van der Waals surface area (Å²) in [5.41, 5.74) is 0.508. The number of amides is 2. The first kappa shape index (κ1) is 16.3. The molecule has 0 heterocycles. The summed E-state index contributed by atoms with van der Waals surface area (Å²) in [6.45, 7) is -0.152. The molecular formula is C13H16N2O6. The number of carboxylic acid groups (broad SMARTS) is 1. The molecule has 21 heavy (non-hydrogen) atoms. The Kier molecular flexibility index (Phi) is 6.52. The lowest BCUT2D eigenvalue weighted by atomic mass is 10.3. The van der Waals surface area contributed by atoms with Crippen molar-refractivity contribution in [3.63, 3.8) is 0 Å². The zero-order valence-electron chi connectivity index (χ0n) is 11.4. The third kappa shape index (κ3) is 6.81. The number of aliphatic carboxylic acids is 1. The van der Waals surface area contributed by atoms with Gasteiger partial charge in [-0.1, -0.05) is 0 Å². The Bertz CT molecular complexity index is 500. The van der Waals surface area contributed by atoms with Gasteiger partial charge in [0.05, 0.1) is 13.5 Å². The Hall–Kier alpha value is -2.77. The van der Waals surface area contributed by atoms with Crippen molar-refractivity contribution in [1.82, 2.24) is 5.32 Å². The summed E-state index contributed by atoms with van der Waals surface area (Å²) < 4.78 is 9.57. The Morgan fingerprint density at radius 1 is 1.19 bits per heavy atom. The lowest BCUT2D eigenvalue weighted by molar-refractivity contribution is -0.143. The number of carboxylic acids is 1. The van der Waals surface area contributed by atoms with E-state index in [0.717, 1.165) is 0 Å². The van der Waals surface area contributed by atoms with Crippen LogP contribution >= 0.6 is 0 Å². The molecule has 0 aliphatic rings. The lowest BCUT2D eigenvalue weighted by Gasteiger charge is -2.08. The van der Waals surface area contributed by atoms with Gasteiger partial charge in [0.1, 0.15) is 5.75 Å². The molecule has 1 aromatic rings. The van der Waals surface area contributed by atoms with E-state index in [2.05, 4.69) is 15.4 Å². The van der Waals surface area contributed by atoms with Crippen LogP contribution in [0.15, 0.2) is 24.3 Å². The van der Waals surface area contributed by atoms with Crippen LogP contribution in [0.1, 0.15) is 6.42 Å². The Balaban J connectivity index is 2.38. The minimum atomic E-state index is -0.984. The first-order valence-corrected chi connectivity index (χ1v) is 6.07. The minimum absolute atomic E-state index is 0.0431. The number of benzene rings is 1. The van der Waals surface area contributed by atoms with Crippen molar-refractivity contribution >= 4 is 23.7 Å². The molecule has 0 spiro atoms. The molecule has 0 fully saturated rings. The maximum absolute atomic E-state index is 11.4. The highest BCUT2D eigenvalue weighted by atomic mass is 16.6. The fourth-order valence-corrected chi connectivity index (χ4v) is 1.29. The number of esters is 1. The van der Waals surface area contributed by atoms with E-state index in [1.807, 2.05) is 0 Å². The highest BCUT2D eigenvalue weighted by Crippen LogP contribution is 2.15. The number of nitrogens with one attached hydrogen (secondary N) is 2. The van der Waals surface area contributed by atoms with Crippen LogP contribution in [-0.2, 0) is 14.3 Å². The highest BCUT2D eigenvalue weighted by Gasteiger charge is 2.04. The van der Waals surface area contributed by atoms with Gasteiger partial charge in [0.2, 0.25) is 0 Å². The molecule has 0 aliphatic carbocycles. The SMILES string of the molecule is COC(=O)COc1ccc(NC(=O)NCCC(=O)O)cc1. The molecule has 1 aromatic carbocycles. The second kappa shape index (κ2) is 8.41. The van der Waals surface area contributed by atoms with Crippen molar-refractivity contribution in [3.8, 4) is 5.75 Å². The molecule has 3 N–H and O–H groups in total. The largest absolute Gasteiger partial charge is 0.482 e. The molecule has 2 amide bonds. The van der Waals surface area contributed by atoms with Gasteiger partial charge in [-0.05, 0) is 24.3 Å². The van der Waals surface area contributed by atoms with Crippen LogP contribution in [0.4, 0.5) is 10.5 Å². The number of carbonyl (C=O) groups excluding carboxylic acids is 2. The summed E-state index contributed by atoms with van der Waals surface area (Å²) in [5.74, 6) is -1.02. The van der Waals surface area contributed by atoms with Crippen LogP contribution in [-0.4, -0.2) is 43.3 Å². The monoisotopic (exact) mass is 296 g/mol. The molecule has 0 atom stereocenters. The molecular weight excluding hydrogens is 280 g/mol. The Morgan fingerprint density at radius 3 is 2.43 bits per heavy atom. The second-order valence-corrected chi connectivity index (χ2v) is 3.91. The van der Waals surface area contributed by atoms with Crippen LogP contribution < -0.4 is 15.4 Å². The van der Waals surface area contributed by atoms with Crippen LogP contribution in [0, 0.1) is 0 Å². The smallest absolute Gasteiger partial charge is 0.343 e. The summed E-state index contributed by atoms with van der Waals surface area (Å²) in [6.07, 6.45) is -0.145. The summed E-state index contributed by atoms with van der Waals surface area (Å²) in [5, 5.41) is 13.4. The van der Waals surface area contributed by atoms with Crippen molar-refractivity contribution in [3.05, 3.63) is 24.3 Å². The fourth-order valence-electron chi connectivity index (χ4n) is 1.29. The van der Waals surface area contributed by atoms with Gasteiger partial charge in [-0.3, -0.25) is 4.79 Å². The Morgan fingerprint density at radius 2 is 1.86 bits per heavy atom. The van der Waals surface area contributed by atoms with Gasteiger partial charge in [-0.25, -0.2) is 9.59 Å². The number of carbonyl (C=O) groups is 3. The van der Waals surface area contributed by atoms with E-state index in [1.165, 1.54) is 7.11 Å². The Labute approximate surface area is 121 Å². The van der Waals surface area contributed by atoms with Crippen molar-refractivity contribution in [2.24, 2.45) is 0 Å². The van der Waals surface area contributed by atoms with E-state index >= 15 is 0 Å². The van der Waals surface area contributed by atoms with Crippen molar-refractivity contribution < 1.29 is 29.0 Å². The van der Waals surface area contributed by atoms with E-state index in [0.29, 0.717) is 11.4 Å². The molecule has 0 bridgehead atoms. The first-order chi connectivity index (χ1) is 10.0. The predicted molar refractivity (Wildman–Crippen MR) is 73.2 cm³/mol.